The molecule has 14 nitrogen and oxygen atoms in total. The predicted octanol–water partition coefficient (Wildman–Crippen LogP) is 8.25. The minimum absolute atomic E-state index is 0.00107. The minimum atomic E-state index is -0.698. The second kappa shape index (κ2) is 17.3. The SMILES string of the molecule is COC(=O)C[C@H](C(=O)N1CCCC1C1=NC=C(c2ccc(-c3ccc(-c4ccc5nc(C6CCCN6C(=O)[C@@H](NC(=O)OC)C(C)C)[nH]c5c4)c4c3C3CCC4O3)nc2)C1)C(C)C. The van der Waals surface area contributed by atoms with Gasteiger partial charge in [-0.1, -0.05) is 52.0 Å². The maximum atomic E-state index is 13.8. The third-order valence-corrected chi connectivity index (χ3v) is 13.8. The van der Waals surface area contributed by atoms with E-state index in [-0.39, 0.29) is 60.3 Å². The van der Waals surface area contributed by atoms with Gasteiger partial charge in [0.15, 0.2) is 0 Å². The number of aromatic nitrogens is 3. The number of hydrogen-bond donors (Lipinski definition) is 2. The van der Waals surface area contributed by atoms with Crippen molar-refractivity contribution in [2.24, 2.45) is 22.7 Å². The highest BCUT2D eigenvalue weighted by atomic mass is 16.5. The van der Waals surface area contributed by atoms with Crippen molar-refractivity contribution >= 4 is 46.2 Å². The molecule has 2 N–H and O–H groups in total. The number of aromatic amines is 1. The van der Waals surface area contributed by atoms with Crippen molar-refractivity contribution in [3.63, 3.8) is 0 Å². The number of pyridine rings is 1. The molecular formula is C49H57N7O7. The minimum Gasteiger partial charge on any atom is -0.469 e. The van der Waals surface area contributed by atoms with Crippen LogP contribution in [0.15, 0.2) is 59.9 Å². The molecule has 3 fully saturated rings. The van der Waals surface area contributed by atoms with Crippen LogP contribution < -0.4 is 5.32 Å². The molecule has 6 atom stereocenters. The van der Waals surface area contributed by atoms with Crippen molar-refractivity contribution in [3.05, 3.63) is 77.4 Å². The Hall–Kier alpha value is -5.89. The van der Waals surface area contributed by atoms with Crippen LogP contribution in [0.4, 0.5) is 4.79 Å². The Kier molecular flexibility index (Phi) is 11.7. The molecule has 2 bridgehead atoms. The second-order valence-corrected chi connectivity index (χ2v) is 18.3. The Labute approximate surface area is 367 Å². The number of carbonyl (C=O) groups excluding carboxylic acids is 4. The smallest absolute Gasteiger partial charge is 0.407 e. The summed E-state index contributed by atoms with van der Waals surface area (Å²) in [7, 11) is 2.66. The molecule has 0 saturated carbocycles. The van der Waals surface area contributed by atoms with E-state index in [0.717, 1.165) is 94.6 Å². The first-order valence-electron chi connectivity index (χ1n) is 22.5. The number of rotatable bonds is 12. The van der Waals surface area contributed by atoms with Crippen molar-refractivity contribution in [2.45, 2.75) is 109 Å². The molecule has 2 aromatic heterocycles. The number of likely N-dealkylation sites (tertiary alicyclic amines) is 2. The van der Waals surface area contributed by atoms with E-state index in [1.807, 2.05) is 56.0 Å². The normalized spacial score (nSPS) is 22.4. The molecule has 0 radical (unpaired) electrons. The van der Waals surface area contributed by atoms with Gasteiger partial charge in [0.1, 0.15) is 11.9 Å². The van der Waals surface area contributed by atoms with E-state index in [1.165, 1.54) is 25.3 Å². The summed E-state index contributed by atoms with van der Waals surface area (Å²) < 4.78 is 16.3. The van der Waals surface area contributed by atoms with Crippen molar-refractivity contribution in [1.82, 2.24) is 30.1 Å². The Morgan fingerprint density at radius 2 is 1.52 bits per heavy atom. The number of H-pyrrole nitrogens is 1. The summed E-state index contributed by atoms with van der Waals surface area (Å²) in [6.07, 6.45) is 9.27. The number of allylic oxidation sites excluding steroid dienone is 1. The van der Waals surface area contributed by atoms with E-state index < -0.39 is 18.1 Å². The third-order valence-electron chi connectivity index (χ3n) is 13.8. The quantitative estimate of drug-likeness (QED) is 0.133. The van der Waals surface area contributed by atoms with Crippen molar-refractivity contribution in [1.29, 1.82) is 0 Å². The van der Waals surface area contributed by atoms with Gasteiger partial charge in [0, 0.05) is 43.2 Å². The molecule has 4 aromatic rings. The standard InChI is InChI=1S/C49H57N7O7/c1-26(2)33(23-42(57)61-5)47(58)55-19-7-9-38(55)37-22-30(25-51-37)29-12-15-34(50-24-29)32-14-13-31(43-40-17-18-41(63-40)44(32)43)28-11-16-35-36(21-28)53-46(52-35)39-10-8-20-56(39)48(59)45(27(3)4)54-49(60)62-6/h11-16,21,24-27,33,38-41,45H,7-10,17-20,22-23H2,1-6H3,(H,52,53)(H,54,60)/t33-,38?,39?,40?,41?,45-/m0/s1. The number of nitrogens with zero attached hydrogens (tertiary/aromatic N) is 5. The molecule has 2 aromatic carbocycles. The number of benzene rings is 2. The first-order valence-corrected chi connectivity index (χ1v) is 22.5. The Balaban J connectivity index is 0.923. The van der Waals surface area contributed by atoms with Gasteiger partial charge >= 0.3 is 12.1 Å². The van der Waals surface area contributed by atoms with E-state index in [0.29, 0.717) is 19.5 Å². The maximum absolute atomic E-state index is 13.8. The fourth-order valence-corrected chi connectivity index (χ4v) is 10.4. The summed E-state index contributed by atoms with van der Waals surface area (Å²) in [6, 6.07) is 13.9. The number of alkyl carbamates (subject to hydrolysis) is 1. The van der Waals surface area contributed by atoms with E-state index in [4.69, 9.17) is 29.2 Å². The van der Waals surface area contributed by atoms with E-state index in [2.05, 4.69) is 46.7 Å². The lowest BCUT2D eigenvalue weighted by Crippen LogP contribution is -2.51. The number of aliphatic imine (C=N–C) groups is 1. The first kappa shape index (κ1) is 42.4. The Morgan fingerprint density at radius 3 is 2.21 bits per heavy atom. The van der Waals surface area contributed by atoms with Crippen LogP contribution in [0.25, 0.3) is 39.0 Å². The zero-order valence-electron chi connectivity index (χ0n) is 37.0. The van der Waals surface area contributed by atoms with Crippen molar-refractivity contribution in [2.75, 3.05) is 27.3 Å². The number of esters is 1. The van der Waals surface area contributed by atoms with Gasteiger partial charge in [-0.25, -0.2) is 9.78 Å². The predicted molar refractivity (Wildman–Crippen MR) is 238 cm³/mol. The highest BCUT2D eigenvalue weighted by Gasteiger charge is 2.43. The number of amides is 3. The summed E-state index contributed by atoms with van der Waals surface area (Å²) in [5.41, 5.74) is 11.4. The zero-order valence-corrected chi connectivity index (χ0v) is 37.0. The fourth-order valence-electron chi connectivity index (χ4n) is 10.4. The molecule has 14 heteroatoms. The molecule has 0 spiro atoms. The number of carbonyl (C=O) groups is 4. The van der Waals surface area contributed by atoms with Gasteiger partial charge in [0.25, 0.3) is 0 Å². The summed E-state index contributed by atoms with van der Waals surface area (Å²) in [5, 5.41) is 2.73. The van der Waals surface area contributed by atoms with Crippen LogP contribution in [0.3, 0.4) is 0 Å². The molecule has 330 valence electrons. The van der Waals surface area contributed by atoms with Crippen LogP contribution >= 0.6 is 0 Å². The Bertz CT molecular complexity index is 2510. The van der Waals surface area contributed by atoms with Gasteiger partial charge in [0.05, 0.1) is 67.6 Å². The van der Waals surface area contributed by atoms with Crippen LogP contribution in [0.2, 0.25) is 0 Å². The number of fused-ring (bicyclic) bond motifs is 6. The highest BCUT2D eigenvalue weighted by Crippen LogP contribution is 2.56. The molecular weight excluding hydrogens is 799 g/mol. The van der Waals surface area contributed by atoms with Gasteiger partial charge in [0.2, 0.25) is 11.8 Å². The largest absolute Gasteiger partial charge is 0.469 e. The monoisotopic (exact) mass is 855 g/mol. The topological polar surface area (TPSA) is 168 Å². The Morgan fingerprint density at radius 1 is 0.825 bits per heavy atom. The lowest BCUT2D eigenvalue weighted by Gasteiger charge is -2.30. The van der Waals surface area contributed by atoms with E-state index >= 15 is 0 Å². The molecule has 7 heterocycles. The lowest BCUT2D eigenvalue weighted by molar-refractivity contribution is -0.148. The van der Waals surface area contributed by atoms with Gasteiger partial charge in [-0.2, -0.15) is 0 Å². The van der Waals surface area contributed by atoms with Gasteiger partial charge < -0.3 is 34.3 Å². The van der Waals surface area contributed by atoms with Gasteiger partial charge in [-0.15, -0.1) is 0 Å². The van der Waals surface area contributed by atoms with Crippen molar-refractivity contribution < 1.29 is 33.4 Å². The molecule has 3 saturated heterocycles. The fraction of sp³-hybridized carbons (Fsp3) is 0.490. The van der Waals surface area contributed by atoms with Crippen LogP contribution in [-0.4, -0.2) is 93.7 Å². The number of ether oxygens (including phenoxy) is 3. The molecule has 5 aliphatic rings. The van der Waals surface area contributed by atoms with Crippen LogP contribution in [-0.2, 0) is 28.6 Å². The average Bonchev–Trinajstić information content (AvgIpc) is 4.16. The molecule has 3 amide bonds. The first-order chi connectivity index (χ1) is 30.4. The van der Waals surface area contributed by atoms with Crippen LogP contribution in [0, 0.1) is 17.8 Å². The highest BCUT2D eigenvalue weighted by molar-refractivity contribution is 6.03. The number of nitrogens with one attached hydrogen (secondary N) is 2. The summed E-state index contributed by atoms with van der Waals surface area (Å²) in [5.74, 6) is -0.285. The van der Waals surface area contributed by atoms with E-state index in [9.17, 15) is 19.2 Å². The molecule has 5 aliphatic heterocycles. The molecule has 9 rings (SSSR count). The zero-order chi connectivity index (χ0) is 44.1. The molecule has 63 heavy (non-hydrogen) atoms. The number of methoxy groups -OCH3 is 2. The van der Waals surface area contributed by atoms with Gasteiger partial charge in [-0.3, -0.25) is 24.4 Å². The van der Waals surface area contributed by atoms with Crippen molar-refractivity contribution in [3.8, 4) is 22.4 Å². The lowest BCUT2D eigenvalue weighted by atomic mass is 9.82. The van der Waals surface area contributed by atoms with Crippen LogP contribution in [0.1, 0.15) is 120 Å². The average molecular weight is 856 g/mol. The van der Waals surface area contributed by atoms with Gasteiger partial charge in [-0.05, 0) is 102 Å². The summed E-state index contributed by atoms with van der Waals surface area (Å²) in [4.78, 5) is 73.9. The summed E-state index contributed by atoms with van der Waals surface area (Å²) in [6.45, 7) is 9.04. The number of imidazole rings is 1. The molecule has 4 unspecified atom stereocenters. The second-order valence-electron chi connectivity index (χ2n) is 18.3. The molecule has 0 aliphatic carbocycles. The third kappa shape index (κ3) is 7.91. The van der Waals surface area contributed by atoms with Crippen LogP contribution in [0.5, 0.6) is 0 Å². The summed E-state index contributed by atoms with van der Waals surface area (Å²) >= 11 is 0. The maximum Gasteiger partial charge on any atom is 0.407 e. The van der Waals surface area contributed by atoms with E-state index in [1.54, 1.807) is 0 Å². The number of hydrogen-bond acceptors (Lipinski definition) is 10.